The lowest BCUT2D eigenvalue weighted by Crippen LogP contribution is -2.12. The molecule has 1 N–H and O–H groups in total. The Balaban J connectivity index is 2.10. The number of hydrogen-bond donors (Lipinski definition) is 1. The molecule has 0 saturated carbocycles. The maximum absolute atomic E-state index is 12.2. The Bertz CT molecular complexity index is 664. The van der Waals surface area contributed by atoms with E-state index in [0.29, 0.717) is 27.2 Å². The molecular weight excluding hydrogens is 353 g/mol. The molecule has 4 nitrogen and oxygen atoms in total. The Labute approximate surface area is 136 Å². The maximum atomic E-state index is 12.2. The number of alkyl halides is 1. The van der Waals surface area contributed by atoms with Gasteiger partial charge in [-0.2, -0.15) is 0 Å². The average Bonchev–Trinajstić information content (AvgIpc) is 2.53. The summed E-state index contributed by atoms with van der Waals surface area (Å²) in [4.78, 5) is 12.2. The molecule has 2 aromatic carbocycles. The van der Waals surface area contributed by atoms with Crippen LogP contribution in [0.15, 0.2) is 46.9 Å². The van der Waals surface area contributed by atoms with E-state index in [2.05, 4.69) is 21.2 Å². The predicted molar refractivity (Wildman–Crippen MR) is 86.6 cm³/mol. The first-order valence-electron chi connectivity index (χ1n) is 6.57. The van der Waals surface area contributed by atoms with E-state index in [1.165, 1.54) is 0 Å². The van der Waals surface area contributed by atoms with Crippen LogP contribution in [0.5, 0.6) is 11.5 Å². The number of anilines is 1. The molecule has 0 spiro atoms. The first-order chi connectivity index (χ1) is 10.6. The quantitative estimate of drug-likeness (QED) is 0.837. The third-order valence-electron chi connectivity index (χ3n) is 2.85. The molecule has 1 amide bonds. The first kappa shape index (κ1) is 16.3. The summed E-state index contributed by atoms with van der Waals surface area (Å²) in [5.41, 5.74) is 1.07. The van der Waals surface area contributed by atoms with Crippen molar-refractivity contribution in [1.82, 2.24) is 0 Å². The first-order valence-corrected chi connectivity index (χ1v) is 7.37. The van der Waals surface area contributed by atoms with E-state index in [-0.39, 0.29) is 12.5 Å². The second-order valence-electron chi connectivity index (χ2n) is 4.37. The second kappa shape index (κ2) is 7.79. The van der Waals surface area contributed by atoms with Crippen molar-refractivity contribution in [2.24, 2.45) is 0 Å². The number of nitrogens with one attached hydrogen (secondary N) is 1. The molecule has 116 valence electrons. The molecule has 0 radical (unpaired) electrons. The van der Waals surface area contributed by atoms with E-state index in [9.17, 15) is 9.18 Å². The minimum absolute atomic E-state index is 0.0111. The van der Waals surface area contributed by atoms with E-state index in [4.69, 9.17) is 9.47 Å². The van der Waals surface area contributed by atoms with Crippen LogP contribution in [0.25, 0.3) is 0 Å². The van der Waals surface area contributed by atoms with Crippen LogP contribution in [0, 0.1) is 0 Å². The lowest BCUT2D eigenvalue weighted by molar-refractivity contribution is 0.102. The van der Waals surface area contributed by atoms with Crippen LogP contribution in [-0.2, 0) is 0 Å². The molecule has 0 aliphatic rings. The van der Waals surface area contributed by atoms with Gasteiger partial charge < -0.3 is 14.8 Å². The van der Waals surface area contributed by atoms with Crippen LogP contribution in [0.3, 0.4) is 0 Å². The summed E-state index contributed by atoms with van der Waals surface area (Å²) in [6.45, 7) is -0.570. The summed E-state index contributed by atoms with van der Waals surface area (Å²) in [6, 6.07) is 11.9. The average molecular weight is 368 g/mol. The smallest absolute Gasteiger partial charge is 0.255 e. The Kier molecular flexibility index (Phi) is 5.77. The van der Waals surface area contributed by atoms with Crippen molar-refractivity contribution in [2.75, 3.05) is 25.7 Å². The molecule has 0 saturated heterocycles. The Morgan fingerprint density at radius 1 is 1.27 bits per heavy atom. The number of carbonyl (C=O) groups is 1. The van der Waals surface area contributed by atoms with Gasteiger partial charge in [0.1, 0.15) is 24.8 Å². The number of carbonyl (C=O) groups excluding carboxylic acids is 1. The molecule has 0 aliphatic heterocycles. The summed E-state index contributed by atoms with van der Waals surface area (Å²) in [5.74, 6) is 0.899. The van der Waals surface area contributed by atoms with Gasteiger partial charge in [0.15, 0.2) is 0 Å². The van der Waals surface area contributed by atoms with Gasteiger partial charge in [-0.05, 0) is 46.3 Å². The number of rotatable bonds is 6. The van der Waals surface area contributed by atoms with Crippen molar-refractivity contribution in [3.63, 3.8) is 0 Å². The Hall–Kier alpha value is -2.08. The van der Waals surface area contributed by atoms with Crippen molar-refractivity contribution in [3.05, 3.63) is 52.5 Å². The van der Waals surface area contributed by atoms with E-state index >= 15 is 0 Å². The number of halogens is 2. The SMILES string of the molecule is COc1ccc(C(=O)Nc2cccc(OCCF)c2)cc1Br. The van der Waals surface area contributed by atoms with Crippen LogP contribution < -0.4 is 14.8 Å². The topological polar surface area (TPSA) is 47.6 Å². The molecule has 0 unspecified atom stereocenters. The number of hydrogen-bond acceptors (Lipinski definition) is 3. The van der Waals surface area contributed by atoms with Crippen molar-refractivity contribution in [3.8, 4) is 11.5 Å². The molecule has 0 bridgehead atoms. The van der Waals surface area contributed by atoms with Crippen molar-refractivity contribution < 1.29 is 18.7 Å². The van der Waals surface area contributed by atoms with Crippen molar-refractivity contribution in [1.29, 1.82) is 0 Å². The molecule has 2 aromatic rings. The van der Waals surface area contributed by atoms with Crippen LogP contribution in [0.2, 0.25) is 0 Å². The van der Waals surface area contributed by atoms with Gasteiger partial charge in [-0.1, -0.05) is 6.07 Å². The van der Waals surface area contributed by atoms with Gasteiger partial charge in [-0.25, -0.2) is 4.39 Å². The molecule has 0 heterocycles. The van der Waals surface area contributed by atoms with Gasteiger partial charge in [0.25, 0.3) is 5.91 Å². The molecule has 0 aromatic heterocycles. The molecule has 22 heavy (non-hydrogen) atoms. The minimum atomic E-state index is -0.559. The highest BCUT2D eigenvalue weighted by Crippen LogP contribution is 2.26. The van der Waals surface area contributed by atoms with Gasteiger partial charge in [-0.15, -0.1) is 0 Å². The Morgan fingerprint density at radius 3 is 2.77 bits per heavy atom. The summed E-state index contributed by atoms with van der Waals surface area (Å²) in [7, 11) is 1.56. The predicted octanol–water partition coefficient (Wildman–Crippen LogP) is 4.06. The lowest BCUT2D eigenvalue weighted by Gasteiger charge is -2.09. The van der Waals surface area contributed by atoms with Crippen LogP contribution >= 0.6 is 15.9 Å². The summed E-state index contributed by atoms with van der Waals surface area (Å²) < 4.78 is 23.1. The number of ether oxygens (including phenoxy) is 2. The molecule has 0 fully saturated rings. The number of methoxy groups -OCH3 is 1. The van der Waals surface area contributed by atoms with Gasteiger partial charge in [0.2, 0.25) is 0 Å². The number of benzene rings is 2. The van der Waals surface area contributed by atoms with E-state index < -0.39 is 6.67 Å². The van der Waals surface area contributed by atoms with Crippen molar-refractivity contribution >= 4 is 27.5 Å². The van der Waals surface area contributed by atoms with Crippen molar-refractivity contribution in [2.45, 2.75) is 0 Å². The molecule has 2 rings (SSSR count). The highest BCUT2D eigenvalue weighted by atomic mass is 79.9. The fourth-order valence-electron chi connectivity index (χ4n) is 1.83. The monoisotopic (exact) mass is 367 g/mol. The fraction of sp³-hybridized carbons (Fsp3) is 0.188. The highest BCUT2D eigenvalue weighted by molar-refractivity contribution is 9.10. The van der Waals surface area contributed by atoms with E-state index in [1.807, 2.05) is 0 Å². The van der Waals surface area contributed by atoms with Gasteiger partial charge in [-0.3, -0.25) is 4.79 Å². The summed E-state index contributed by atoms with van der Waals surface area (Å²) in [6.07, 6.45) is 0. The zero-order valence-corrected chi connectivity index (χ0v) is 13.5. The van der Waals surface area contributed by atoms with Crippen LogP contribution in [0.1, 0.15) is 10.4 Å². The maximum Gasteiger partial charge on any atom is 0.255 e. The largest absolute Gasteiger partial charge is 0.496 e. The molecular formula is C16H15BrFNO3. The number of amides is 1. The van der Waals surface area contributed by atoms with Gasteiger partial charge in [0, 0.05) is 17.3 Å². The highest BCUT2D eigenvalue weighted by Gasteiger charge is 2.09. The lowest BCUT2D eigenvalue weighted by atomic mass is 10.2. The van der Waals surface area contributed by atoms with Crippen LogP contribution in [-0.4, -0.2) is 26.3 Å². The zero-order chi connectivity index (χ0) is 15.9. The summed E-state index contributed by atoms with van der Waals surface area (Å²) >= 11 is 3.34. The van der Waals surface area contributed by atoms with Gasteiger partial charge >= 0.3 is 0 Å². The molecule has 0 atom stereocenters. The molecule has 0 aliphatic carbocycles. The summed E-state index contributed by atoms with van der Waals surface area (Å²) in [5, 5.41) is 2.77. The van der Waals surface area contributed by atoms with Crippen LogP contribution in [0.4, 0.5) is 10.1 Å². The second-order valence-corrected chi connectivity index (χ2v) is 5.22. The van der Waals surface area contributed by atoms with E-state index in [0.717, 1.165) is 0 Å². The Morgan fingerprint density at radius 2 is 2.09 bits per heavy atom. The zero-order valence-electron chi connectivity index (χ0n) is 11.9. The molecule has 6 heteroatoms. The third kappa shape index (κ3) is 4.21. The van der Waals surface area contributed by atoms with Gasteiger partial charge in [0.05, 0.1) is 11.6 Å². The fourth-order valence-corrected chi connectivity index (χ4v) is 2.37. The third-order valence-corrected chi connectivity index (χ3v) is 3.47. The standard InChI is InChI=1S/C16H15BrFNO3/c1-21-15-6-5-11(9-14(15)17)16(20)19-12-3-2-4-13(10-12)22-8-7-18/h2-6,9-10H,7-8H2,1H3,(H,19,20). The van der Waals surface area contributed by atoms with E-state index in [1.54, 1.807) is 49.6 Å². The normalized spacial score (nSPS) is 10.1. The minimum Gasteiger partial charge on any atom is -0.496 e.